The van der Waals surface area contributed by atoms with E-state index in [1.807, 2.05) is 0 Å². The minimum atomic E-state index is 0.420. The molecule has 0 aliphatic carbocycles. The van der Waals surface area contributed by atoms with E-state index in [0.717, 1.165) is 5.56 Å². The quantitative estimate of drug-likeness (QED) is 0.688. The molecule has 0 amide bonds. The molecular formula is C10H8Cl2O. The van der Waals surface area contributed by atoms with E-state index >= 15 is 0 Å². The molecule has 0 saturated carbocycles. The Morgan fingerprint density at radius 2 is 1.69 bits per heavy atom. The third-order valence-electron chi connectivity index (χ3n) is 1.46. The van der Waals surface area contributed by atoms with Crippen LogP contribution in [0.4, 0.5) is 0 Å². The largest absolute Gasteiger partial charge is 0.462 e. The van der Waals surface area contributed by atoms with E-state index in [0.29, 0.717) is 15.8 Å². The SMILES string of the molecule is C=COc1c(Cl)cc(C=C)cc1Cl. The van der Waals surface area contributed by atoms with Crippen LogP contribution in [0.1, 0.15) is 5.56 Å². The molecule has 0 atom stereocenters. The molecule has 0 bridgehead atoms. The van der Waals surface area contributed by atoms with Crippen LogP contribution in [0.5, 0.6) is 5.75 Å². The van der Waals surface area contributed by atoms with E-state index in [4.69, 9.17) is 27.9 Å². The Morgan fingerprint density at radius 1 is 1.15 bits per heavy atom. The first kappa shape index (κ1) is 10.2. The Morgan fingerprint density at radius 3 is 2.08 bits per heavy atom. The summed E-state index contributed by atoms with van der Waals surface area (Å²) in [6.07, 6.45) is 2.94. The summed E-state index contributed by atoms with van der Waals surface area (Å²) in [6.45, 7) is 7.03. The van der Waals surface area contributed by atoms with Crippen molar-refractivity contribution in [3.05, 3.63) is 47.2 Å². The van der Waals surface area contributed by atoms with Crippen LogP contribution in [0, 0.1) is 0 Å². The minimum absolute atomic E-state index is 0.420. The highest BCUT2D eigenvalue weighted by Crippen LogP contribution is 2.34. The molecule has 0 saturated heterocycles. The normalized spacial score (nSPS) is 9.38. The highest BCUT2D eigenvalue weighted by Gasteiger charge is 2.07. The minimum Gasteiger partial charge on any atom is -0.462 e. The fourth-order valence-electron chi connectivity index (χ4n) is 0.893. The standard InChI is InChI=1S/C10H8Cl2O/c1-3-7-5-8(11)10(13-4-2)9(12)6-7/h3-6H,1-2H2. The van der Waals surface area contributed by atoms with Crippen molar-refractivity contribution in [2.24, 2.45) is 0 Å². The van der Waals surface area contributed by atoms with Gasteiger partial charge in [-0.2, -0.15) is 0 Å². The molecule has 3 heteroatoms. The van der Waals surface area contributed by atoms with Gasteiger partial charge in [-0.05, 0) is 17.7 Å². The molecule has 0 fully saturated rings. The van der Waals surface area contributed by atoms with Crippen LogP contribution in [0.25, 0.3) is 6.08 Å². The lowest BCUT2D eigenvalue weighted by Gasteiger charge is -2.06. The summed E-state index contributed by atoms with van der Waals surface area (Å²) >= 11 is 11.8. The summed E-state index contributed by atoms with van der Waals surface area (Å²) in [7, 11) is 0. The average molecular weight is 215 g/mol. The smallest absolute Gasteiger partial charge is 0.163 e. The van der Waals surface area contributed by atoms with Gasteiger partial charge in [0.1, 0.15) is 0 Å². The fraction of sp³-hybridized carbons (Fsp3) is 0. The molecule has 0 unspecified atom stereocenters. The van der Waals surface area contributed by atoms with Crippen molar-refractivity contribution in [1.29, 1.82) is 0 Å². The van der Waals surface area contributed by atoms with Gasteiger partial charge in [0.15, 0.2) is 5.75 Å². The molecule has 13 heavy (non-hydrogen) atoms. The molecule has 1 aromatic carbocycles. The summed E-state index contributed by atoms with van der Waals surface area (Å²) in [6, 6.07) is 3.44. The van der Waals surface area contributed by atoms with E-state index in [9.17, 15) is 0 Å². The summed E-state index contributed by atoms with van der Waals surface area (Å²) in [5.74, 6) is 0.420. The third kappa shape index (κ3) is 2.27. The van der Waals surface area contributed by atoms with Crippen molar-refractivity contribution < 1.29 is 4.74 Å². The second-order valence-corrected chi connectivity index (χ2v) is 3.12. The molecule has 1 aromatic rings. The predicted molar refractivity (Wildman–Crippen MR) is 57.4 cm³/mol. The first-order chi connectivity index (χ1) is 6.19. The van der Waals surface area contributed by atoms with Gasteiger partial charge in [0.05, 0.1) is 16.3 Å². The fourth-order valence-corrected chi connectivity index (χ4v) is 1.49. The molecule has 0 heterocycles. The zero-order chi connectivity index (χ0) is 9.84. The molecule has 68 valence electrons. The van der Waals surface area contributed by atoms with Gasteiger partial charge in [-0.25, -0.2) is 0 Å². The van der Waals surface area contributed by atoms with Gasteiger partial charge in [0.2, 0.25) is 0 Å². The molecule has 1 nitrogen and oxygen atoms in total. The van der Waals surface area contributed by atoms with Gasteiger partial charge in [-0.3, -0.25) is 0 Å². The number of ether oxygens (including phenoxy) is 1. The van der Waals surface area contributed by atoms with Gasteiger partial charge >= 0.3 is 0 Å². The van der Waals surface area contributed by atoms with E-state index in [2.05, 4.69) is 13.2 Å². The molecular weight excluding hydrogens is 207 g/mol. The summed E-state index contributed by atoms with van der Waals surface area (Å²) in [5, 5.41) is 0.893. The van der Waals surface area contributed by atoms with E-state index < -0.39 is 0 Å². The number of halogens is 2. The lowest BCUT2D eigenvalue weighted by atomic mass is 10.2. The average Bonchev–Trinajstić information content (AvgIpc) is 2.11. The van der Waals surface area contributed by atoms with Gasteiger partial charge in [0.25, 0.3) is 0 Å². The van der Waals surface area contributed by atoms with Crippen LogP contribution < -0.4 is 4.74 Å². The molecule has 0 spiro atoms. The topological polar surface area (TPSA) is 9.23 Å². The second-order valence-electron chi connectivity index (χ2n) is 2.30. The van der Waals surface area contributed by atoms with Crippen LogP contribution >= 0.6 is 23.2 Å². The zero-order valence-electron chi connectivity index (χ0n) is 6.89. The van der Waals surface area contributed by atoms with Crippen molar-refractivity contribution in [2.75, 3.05) is 0 Å². The highest BCUT2D eigenvalue weighted by molar-refractivity contribution is 6.37. The Balaban J connectivity index is 3.21. The van der Waals surface area contributed by atoms with Crippen LogP contribution in [-0.4, -0.2) is 0 Å². The van der Waals surface area contributed by atoms with Crippen LogP contribution in [0.15, 0.2) is 31.6 Å². The van der Waals surface area contributed by atoms with Crippen molar-refractivity contribution in [3.8, 4) is 5.75 Å². The van der Waals surface area contributed by atoms with Crippen molar-refractivity contribution in [1.82, 2.24) is 0 Å². The lowest BCUT2D eigenvalue weighted by Crippen LogP contribution is -1.85. The van der Waals surface area contributed by atoms with Crippen LogP contribution in [0.3, 0.4) is 0 Å². The van der Waals surface area contributed by atoms with E-state index in [-0.39, 0.29) is 0 Å². The van der Waals surface area contributed by atoms with Gasteiger partial charge in [0, 0.05) is 0 Å². The molecule has 0 radical (unpaired) electrons. The lowest BCUT2D eigenvalue weighted by molar-refractivity contribution is 0.484. The Bertz CT molecular complexity index is 322. The third-order valence-corrected chi connectivity index (χ3v) is 2.02. The summed E-state index contributed by atoms with van der Waals surface area (Å²) in [4.78, 5) is 0. The van der Waals surface area contributed by atoms with Gasteiger partial charge in [-0.15, -0.1) is 0 Å². The van der Waals surface area contributed by atoms with Gasteiger partial charge < -0.3 is 4.74 Å². The Hall–Kier alpha value is -0.920. The second kappa shape index (κ2) is 4.35. The van der Waals surface area contributed by atoms with Gasteiger partial charge in [-0.1, -0.05) is 42.4 Å². The molecule has 0 aromatic heterocycles. The van der Waals surface area contributed by atoms with Crippen molar-refractivity contribution in [3.63, 3.8) is 0 Å². The van der Waals surface area contributed by atoms with Crippen LogP contribution in [-0.2, 0) is 0 Å². The maximum atomic E-state index is 5.89. The van der Waals surface area contributed by atoms with Crippen molar-refractivity contribution in [2.45, 2.75) is 0 Å². The Labute approximate surface area is 87.2 Å². The summed E-state index contributed by atoms with van der Waals surface area (Å²) in [5.41, 5.74) is 0.853. The number of benzene rings is 1. The van der Waals surface area contributed by atoms with Crippen LogP contribution in [0.2, 0.25) is 10.0 Å². The maximum absolute atomic E-state index is 5.89. The highest BCUT2D eigenvalue weighted by atomic mass is 35.5. The number of rotatable bonds is 3. The molecule has 0 aliphatic rings. The number of hydrogen-bond donors (Lipinski definition) is 0. The summed E-state index contributed by atoms with van der Waals surface area (Å²) < 4.78 is 5.03. The molecule has 1 rings (SSSR count). The molecule has 0 aliphatic heterocycles. The predicted octanol–water partition coefficient (Wildman–Crippen LogP) is 4.16. The zero-order valence-corrected chi connectivity index (χ0v) is 8.40. The Kier molecular flexibility index (Phi) is 3.40. The van der Waals surface area contributed by atoms with Crippen molar-refractivity contribution >= 4 is 29.3 Å². The van der Waals surface area contributed by atoms with E-state index in [1.165, 1.54) is 6.26 Å². The first-order valence-corrected chi connectivity index (χ1v) is 4.33. The molecule has 0 N–H and O–H groups in total. The first-order valence-electron chi connectivity index (χ1n) is 3.58. The monoisotopic (exact) mass is 214 g/mol. The number of hydrogen-bond acceptors (Lipinski definition) is 1. The van der Waals surface area contributed by atoms with E-state index in [1.54, 1.807) is 18.2 Å². The maximum Gasteiger partial charge on any atom is 0.163 e.